The quantitative estimate of drug-likeness (QED) is 0.714. The summed E-state index contributed by atoms with van der Waals surface area (Å²) < 4.78 is 1.66. The van der Waals surface area contributed by atoms with Gasteiger partial charge in [0.1, 0.15) is 5.82 Å². The van der Waals surface area contributed by atoms with E-state index in [1.807, 2.05) is 48.2 Å². The minimum Gasteiger partial charge on any atom is -0.339 e. The van der Waals surface area contributed by atoms with Gasteiger partial charge in [0.05, 0.1) is 16.3 Å². The molecule has 1 N–H and O–H groups in total. The van der Waals surface area contributed by atoms with Crippen molar-refractivity contribution in [1.29, 1.82) is 0 Å². The Hall–Kier alpha value is -2.86. The number of hydrogen-bond acceptors (Lipinski definition) is 3. The van der Waals surface area contributed by atoms with E-state index in [2.05, 4.69) is 10.2 Å². The highest BCUT2D eigenvalue weighted by Crippen LogP contribution is 2.25. The van der Waals surface area contributed by atoms with E-state index in [1.54, 1.807) is 16.7 Å². The molecule has 1 amide bonds. The van der Waals surface area contributed by atoms with E-state index in [0.717, 1.165) is 29.9 Å². The first-order valence-corrected chi connectivity index (χ1v) is 10.2. The van der Waals surface area contributed by atoms with Crippen molar-refractivity contribution in [2.45, 2.75) is 26.2 Å². The minimum absolute atomic E-state index is 0.0226. The van der Waals surface area contributed by atoms with Crippen molar-refractivity contribution in [1.82, 2.24) is 19.7 Å². The molecule has 2 heterocycles. The number of aromatic nitrogens is 3. The zero-order valence-corrected chi connectivity index (χ0v) is 17.0. The Morgan fingerprint density at radius 3 is 2.55 bits per heavy atom. The number of benzene rings is 2. The largest absolute Gasteiger partial charge is 0.347 e. The molecule has 1 aromatic heterocycles. The molecule has 1 aliphatic heterocycles. The van der Waals surface area contributed by atoms with Crippen molar-refractivity contribution in [3.8, 4) is 5.69 Å². The number of halogens is 1. The normalized spacial score (nSPS) is 14.9. The van der Waals surface area contributed by atoms with Gasteiger partial charge in [-0.25, -0.2) is 14.5 Å². The molecule has 150 valence electrons. The van der Waals surface area contributed by atoms with Gasteiger partial charge in [0.2, 0.25) is 0 Å². The molecule has 4 rings (SSSR count). The smallest absolute Gasteiger partial charge is 0.339 e. The molecule has 29 heavy (non-hydrogen) atoms. The number of amides is 1. The van der Waals surface area contributed by atoms with Gasteiger partial charge in [-0.3, -0.25) is 4.79 Å². The molecule has 6 nitrogen and oxygen atoms in total. The number of hydrogen-bond donors (Lipinski definition) is 1. The summed E-state index contributed by atoms with van der Waals surface area (Å²) in [5, 5.41) is 7.34. The first-order valence-electron chi connectivity index (χ1n) is 9.80. The summed E-state index contributed by atoms with van der Waals surface area (Å²) in [5.74, 6) is 1.08. The zero-order chi connectivity index (χ0) is 20.4. The SMILES string of the molecule is Cc1ccccc1-n1c(CC2CCN(C(=O)c3ccccc3Cl)CC2)n[nH]c1=O. The van der Waals surface area contributed by atoms with Crippen molar-refractivity contribution in [3.63, 3.8) is 0 Å². The summed E-state index contributed by atoms with van der Waals surface area (Å²) in [6.07, 6.45) is 2.43. The number of para-hydroxylation sites is 1. The van der Waals surface area contributed by atoms with Gasteiger partial charge in [-0.15, -0.1) is 0 Å². The first kappa shape index (κ1) is 19.5. The molecule has 7 heteroatoms. The lowest BCUT2D eigenvalue weighted by atomic mass is 9.92. The molecule has 0 radical (unpaired) electrons. The summed E-state index contributed by atoms with van der Waals surface area (Å²) in [6.45, 7) is 3.33. The van der Waals surface area contributed by atoms with E-state index >= 15 is 0 Å². The second-order valence-corrected chi connectivity index (χ2v) is 7.89. The second kappa shape index (κ2) is 8.25. The molecular weight excluding hydrogens is 388 g/mol. The highest BCUT2D eigenvalue weighted by molar-refractivity contribution is 6.33. The van der Waals surface area contributed by atoms with Gasteiger partial charge < -0.3 is 4.90 Å². The van der Waals surface area contributed by atoms with Crippen molar-refractivity contribution in [2.75, 3.05) is 13.1 Å². The predicted molar refractivity (Wildman–Crippen MR) is 113 cm³/mol. The maximum atomic E-state index is 12.7. The van der Waals surface area contributed by atoms with Crippen LogP contribution in [0.1, 0.15) is 34.6 Å². The number of aromatic amines is 1. The Labute approximate surface area is 174 Å². The number of likely N-dealkylation sites (tertiary alicyclic amines) is 1. The van der Waals surface area contributed by atoms with Gasteiger partial charge in [0.15, 0.2) is 0 Å². The van der Waals surface area contributed by atoms with E-state index in [-0.39, 0.29) is 11.6 Å². The average molecular weight is 411 g/mol. The number of piperidine rings is 1. The van der Waals surface area contributed by atoms with E-state index in [4.69, 9.17) is 11.6 Å². The molecule has 3 aromatic rings. The van der Waals surface area contributed by atoms with Crippen LogP contribution in [0.2, 0.25) is 5.02 Å². The van der Waals surface area contributed by atoms with Gasteiger partial charge in [-0.05, 0) is 49.4 Å². The third kappa shape index (κ3) is 3.98. The molecule has 0 aliphatic carbocycles. The average Bonchev–Trinajstić information content (AvgIpc) is 3.09. The van der Waals surface area contributed by atoms with Crippen LogP contribution in [0.3, 0.4) is 0 Å². The Balaban J connectivity index is 1.45. The zero-order valence-electron chi connectivity index (χ0n) is 16.3. The number of nitrogens with zero attached hydrogens (tertiary/aromatic N) is 3. The minimum atomic E-state index is -0.222. The van der Waals surface area contributed by atoms with Crippen LogP contribution < -0.4 is 5.69 Å². The van der Waals surface area contributed by atoms with Gasteiger partial charge in [-0.2, -0.15) is 5.10 Å². The summed E-state index contributed by atoms with van der Waals surface area (Å²) in [4.78, 5) is 26.9. The van der Waals surface area contributed by atoms with Crippen LogP contribution in [0.15, 0.2) is 53.3 Å². The maximum absolute atomic E-state index is 12.7. The summed E-state index contributed by atoms with van der Waals surface area (Å²) in [7, 11) is 0. The number of aryl methyl sites for hydroxylation is 1. The Bertz CT molecular complexity index is 1080. The molecule has 0 spiro atoms. The van der Waals surface area contributed by atoms with Crippen LogP contribution in [0, 0.1) is 12.8 Å². The van der Waals surface area contributed by atoms with Crippen molar-refractivity contribution in [3.05, 3.63) is 81.0 Å². The lowest BCUT2D eigenvalue weighted by molar-refractivity contribution is 0.0690. The van der Waals surface area contributed by atoms with E-state index in [9.17, 15) is 9.59 Å². The number of H-pyrrole nitrogens is 1. The molecule has 1 fully saturated rings. The molecule has 2 aromatic carbocycles. The third-order valence-corrected chi connectivity index (χ3v) is 5.91. The Morgan fingerprint density at radius 2 is 1.83 bits per heavy atom. The van der Waals surface area contributed by atoms with Crippen molar-refractivity contribution < 1.29 is 4.79 Å². The highest BCUT2D eigenvalue weighted by atomic mass is 35.5. The lowest BCUT2D eigenvalue weighted by Gasteiger charge is -2.32. The summed E-state index contributed by atoms with van der Waals surface area (Å²) >= 11 is 6.17. The summed E-state index contributed by atoms with van der Waals surface area (Å²) in [6, 6.07) is 14.9. The van der Waals surface area contributed by atoms with Gasteiger partial charge >= 0.3 is 5.69 Å². The fraction of sp³-hybridized carbons (Fsp3) is 0.318. The maximum Gasteiger partial charge on any atom is 0.347 e. The lowest BCUT2D eigenvalue weighted by Crippen LogP contribution is -2.39. The monoisotopic (exact) mass is 410 g/mol. The first-order chi connectivity index (χ1) is 14.0. The highest BCUT2D eigenvalue weighted by Gasteiger charge is 2.26. The fourth-order valence-electron chi connectivity index (χ4n) is 3.93. The molecule has 0 saturated carbocycles. The van der Waals surface area contributed by atoms with Crippen LogP contribution >= 0.6 is 11.6 Å². The Morgan fingerprint density at radius 1 is 1.14 bits per heavy atom. The molecular formula is C22H23ClN4O2. The third-order valence-electron chi connectivity index (χ3n) is 5.58. The number of rotatable bonds is 4. The number of carbonyl (C=O) groups is 1. The second-order valence-electron chi connectivity index (χ2n) is 7.49. The van der Waals surface area contributed by atoms with Gasteiger partial charge in [0, 0.05) is 19.5 Å². The molecule has 1 saturated heterocycles. The number of nitrogens with one attached hydrogen (secondary N) is 1. The molecule has 0 bridgehead atoms. The topological polar surface area (TPSA) is 71.0 Å². The van der Waals surface area contributed by atoms with Gasteiger partial charge in [0.25, 0.3) is 5.91 Å². The number of carbonyl (C=O) groups excluding carboxylic acids is 1. The van der Waals surface area contributed by atoms with Gasteiger partial charge in [-0.1, -0.05) is 41.9 Å². The fourth-order valence-corrected chi connectivity index (χ4v) is 4.15. The van der Waals surface area contributed by atoms with Crippen molar-refractivity contribution in [2.24, 2.45) is 5.92 Å². The van der Waals surface area contributed by atoms with E-state index < -0.39 is 0 Å². The van der Waals surface area contributed by atoms with Crippen LogP contribution in [0.5, 0.6) is 0 Å². The Kier molecular flexibility index (Phi) is 5.53. The van der Waals surface area contributed by atoms with Crippen LogP contribution in [0.4, 0.5) is 0 Å². The van der Waals surface area contributed by atoms with Crippen LogP contribution in [0.25, 0.3) is 5.69 Å². The van der Waals surface area contributed by atoms with E-state index in [0.29, 0.717) is 36.0 Å². The molecule has 0 atom stereocenters. The predicted octanol–water partition coefficient (Wildman–Crippen LogP) is 3.62. The van der Waals surface area contributed by atoms with Crippen LogP contribution in [-0.2, 0) is 6.42 Å². The summed E-state index contributed by atoms with van der Waals surface area (Å²) in [5.41, 5.74) is 2.21. The standard InChI is InChI=1S/C22H23ClN4O2/c1-15-6-2-5-9-19(15)27-20(24-25-22(27)29)14-16-10-12-26(13-11-16)21(28)17-7-3-4-8-18(17)23/h2-9,16H,10-14H2,1H3,(H,25,29). The van der Waals surface area contributed by atoms with Crippen molar-refractivity contribution >= 4 is 17.5 Å². The molecule has 1 aliphatic rings. The van der Waals surface area contributed by atoms with E-state index in [1.165, 1.54) is 0 Å². The molecule has 0 unspecified atom stereocenters. The van der Waals surface area contributed by atoms with Crippen LogP contribution in [-0.4, -0.2) is 38.7 Å².